The van der Waals surface area contributed by atoms with E-state index in [-0.39, 0.29) is 29.7 Å². The Bertz CT molecular complexity index is 453. The van der Waals surface area contributed by atoms with Crippen LogP contribution in [-0.2, 0) is 6.54 Å². The number of phenolic OH excluding ortho intramolecular Hbond substituents is 1. The molecule has 0 fully saturated rings. The van der Waals surface area contributed by atoms with E-state index in [0.29, 0.717) is 6.54 Å². The number of halogens is 1. The highest BCUT2D eigenvalue weighted by atomic mass is 127. The van der Waals surface area contributed by atoms with Gasteiger partial charge in [0.05, 0.1) is 7.11 Å². The minimum atomic E-state index is 0. The second kappa shape index (κ2) is 12.4. The molecule has 6 heteroatoms. The minimum Gasteiger partial charge on any atom is -0.508 e. The number of nitrogens with one attached hydrogen (secondary N) is 2. The van der Waals surface area contributed by atoms with E-state index in [0.717, 1.165) is 30.2 Å². The van der Waals surface area contributed by atoms with Gasteiger partial charge < -0.3 is 20.5 Å². The SMILES string of the molecule is CCCCCCNC(=NC)NCc1cc(OC)ccc1O.I. The summed E-state index contributed by atoms with van der Waals surface area (Å²) in [7, 11) is 3.35. The van der Waals surface area contributed by atoms with Crippen molar-refractivity contribution in [3.05, 3.63) is 23.8 Å². The molecular weight excluding hydrogens is 393 g/mol. The minimum absolute atomic E-state index is 0. The van der Waals surface area contributed by atoms with Crippen molar-refractivity contribution in [2.45, 2.75) is 39.2 Å². The van der Waals surface area contributed by atoms with Crippen molar-refractivity contribution in [3.8, 4) is 11.5 Å². The Hall–Kier alpha value is -1.18. The van der Waals surface area contributed by atoms with Crippen molar-refractivity contribution in [1.82, 2.24) is 10.6 Å². The van der Waals surface area contributed by atoms with Crippen molar-refractivity contribution in [1.29, 1.82) is 0 Å². The van der Waals surface area contributed by atoms with Gasteiger partial charge in [0, 0.05) is 25.7 Å². The van der Waals surface area contributed by atoms with Gasteiger partial charge in [-0.15, -0.1) is 24.0 Å². The molecule has 126 valence electrons. The zero-order chi connectivity index (χ0) is 15.5. The standard InChI is InChI=1S/C16H27N3O2.HI/c1-4-5-6-7-10-18-16(17-2)19-12-13-11-14(21-3)8-9-15(13)20;/h8-9,11,20H,4-7,10,12H2,1-3H3,(H2,17,18,19);1H. The Morgan fingerprint density at radius 2 is 2.00 bits per heavy atom. The first-order valence-electron chi connectivity index (χ1n) is 7.51. The van der Waals surface area contributed by atoms with Crippen LogP contribution in [0.2, 0.25) is 0 Å². The first-order valence-corrected chi connectivity index (χ1v) is 7.51. The number of methoxy groups -OCH3 is 1. The van der Waals surface area contributed by atoms with Crippen LogP contribution in [0.1, 0.15) is 38.2 Å². The fraction of sp³-hybridized carbons (Fsp3) is 0.562. The number of phenols is 1. The highest BCUT2D eigenvalue weighted by Crippen LogP contribution is 2.22. The summed E-state index contributed by atoms with van der Waals surface area (Å²) in [5, 5.41) is 16.3. The number of guanidine groups is 1. The van der Waals surface area contributed by atoms with E-state index < -0.39 is 0 Å². The molecule has 3 N–H and O–H groups in total. The fourth-order valence-corrected chi connectivity index (χ4v) is 1.99. The molecule has 1 aromatic rings. The molecular formula is C16H28IN3O2. The molecule has 0 bridgehead atoms. The van der Waals surface area contributed by atoms with Gasteiger partial charge >= 0.3 is 0 Å². The normalized spacial score (nSPS) is 10.8. The molecule has 0 atom stereocenters. The molecule has 0 radical (unpaired) electrons. The average Bonchev–Trinajstić information content (AvgIpc) is 2.51. The zero-order valence-electron chi connectivity index (χ0n) is 13.7. The summed E-state index contributed by atoms with van der Waals surface area (Å²) in [5.74, 6) is 1.72. The monoisotopic (exact) mass is 421 g/mol. The summed E-state index contributed by atoms with van der Waals surface area (Å²) >= 11 is 0. The van der Waals surface area contributed by atoms with Crippen molar-refractivity contribution >= 4 is 29.9 Å². The summed E-state index contributed by atoms with van der Waals surface area (Å²) in [5.41, 5.74) is 0.781. The number of aliphatic imine (C=N–C) groups is 1. The Balaban J connectivity index is 0.00000441. The molecule has 0 amide bonds. The van der Waals surface area contributed by atoms with Gasteiger partial charge in [-0.1, -0.05) is 26.2 Å². The van der Waals surface area contributed by atoms with E-state index in [1.807, 2.05) is 6.07 Å². The second-order valence-corrected chi connectivity index (χ2v) is 4.91. The molecule has 0 aromatic heterocycles. The predicted molar refractivity (Wildman–Crippen MR) is 102 cm³/mol. The molecule has 0 saturated carbocycles. The third-order valence-corrected chi connectivity index (χ3v) is 3.28. The van der Waals surface area contributed by atoms with Gasteiger partial charge in [-0.05, 0) is 24.6 Å². The summed E-state index contributed by atoms with van der Waals surface area (Å²) in [4.78, 5) is 4.17. The van der Waals surface area contributed by atoms with Gasteiger partial charge in [0.15, 0.2) is 5.96 Å². The third kappa shape index (κ3) is 7.72. The molecule has 1 rings (SSSR count). The Labute approximate surface area is 150 Å². The summed E-state index contributed by atoms with van der Waals surface area (Å²) < 4.78 is 5.16. The Kier molecular flexibility index (Phi) is 11.7. The lowest BCUT2D eigenvalue weighted by molar-refractivity contribution is 0.410. The molecule has 5 nitrogen and oxygen atoms in total. The van der Waals surface area contributed by atoms with Crippen molar-refractivity contribution in [2.75, 3.05) is 20.7 Å². The fourth-order valence-electron chi connectivity index (χ4n) is 1.99. The van der Waals surface area contributed by atoms with Crippen LogP contribution in [0.4, 0.5) is 0 Å². The molecule has 1 aromatic carbocycles. The Morgan fingerprint density at radius 3 is 2.64 bits per heavy atom. The number of nitrogens with zero attached hydrogens (tertiary/aromatic N) is 1. The highest BCUT2D eigenvalue weighted by Gasteiger charge is 2.04. The molecule has 0 spiro atoms. The van der Waals surface area contributed by atoms with E-state index in [9.17, 15) is 5.11 Å². The largest absolute Gasteiger partial charge is 0.508 e. The molecule has 22 heavy (non-hydrogen) atoms. The van der Waals surface area contributed by atoms with Gasteiger partial charge in [-0.25, -0.2) is 0 Å². The smallest absolute Gasteiger partial charge is 0.191 e. The van der Waals surface area contributed by atoms with Crippen LogP contribution >= 0.6 is 24.0 Å². The van der Waals surface area contributed by atoms with Crippen LogP contribution in [0.3, 0.4) is 0 Å². The zero-order valence-corrected chi connectivity index (χ0v) is 16.0. The van der Waals surface area contributed by atoms with Crippen LogP contribution in [-0.4, -0.2) is 31.8 Å². The number of hydrogen-bond acceptors (Lipinski definition) is 3. The number of ether oxygens (including phenoxy) is 1. The number of benzene rings is 1. The second-order valence-electron chi connectivity index (χ2n) is 4.91. The summed E-state index contributed by atoms with van der Waals surface area (Å²) in [6, 6.07) is 5.19. The third-order valence-electron chi connectivity index (χ3n) is 3.28. The number of hydrogen-bond donors (Lipinski definition) is 3. The number of aromatic hydroxyl groups is 1. The maximum atomic E-state index is 9.83. The summed E-state index contributed by atoms with van der Waals surface area (Å²) in [6.07, 6.45) is 4.88. The molecule has 0 aliphatic carbocycles. The van der Waals surface area contributed by atoms with E-state index in [1.165, 1.54) is 19.3 Å². The lowest BCUT2D eigenvalue weighted by Gasteiger charge is -2.13. The van der Waals surface area contributed by atoms with Crippen molar-refractivity contribution in [2.24, 2.45) is 4.99 Å². The first-order chi connectivity index (χ1) is 10.2. The highest BCUT2D eigenvalue weighted by molar-refractivity contribution is 14.0. The van der Waals surface area contributed by atoms with Gasteiger partial charge in [0.2, 0.25) is 0 Å². The van der Waals surface area contributed by atoms with Crippen LogP contribution < -0.4 is 15.4 Å². The maximum Gasteiger partial charge on any atom is 0.191 e. The van der Waals surface area contributed by atoms with Gasteiger partial charge in [-0.2, -0.15) is 0 Å². The first kappa shape index (κ1) is 20.8. The van der Waals surface area contributed by atoms with Gasteiger partial charge in [-0.3, -0.25) is 4.99 Å². The van der Waals surface area contributed by atoms with E-state index in [1.54, 1.807) is 26.3 Å². The Morgan fingerprint density at radius 1 is 1.23 bits per heavy atom. The van der Waals surface area contributed by atoms with Crippen molar-refractivity contribution < 1.29 is 9.84 Å². The van der Waals surface area contributed by atoms with Crippen molar-refractivity contribution in [3.63, 3.8) is 0 Å². The van der Waals surface area contributed by atoms with Crippen LogP contribution in [0, 0.1) is 0 Å². The molecule has 0 unspecified atom stereocenters. The van der Waals surface area contributed by atoms with Crippen LogP contribution in [0.5, 0.6) is 11.5 Å². The average molecular weight is 421 g/mol. The topological polar surface area (TPSA) is 65.9 Å². The molecule has 0 heterocycles. The molecule has 0 aliphatic heterocycles. The summed E-state index contributed by atoms with van der Waals surface area (Å²) in [6.45, 7) is 3.61. The predicted octanol–water partition coefficient (Wildman–Crippen LogP) is 3.26. The quantitative estimate of drug-likeness (QED) is 0.261. The molecule has 0 saturated heterocycles. The number of rotatable bonds is 8. The lowest BCUT2D eigenvalue weighted by Crippen LogP contribution is -2.37. The van der Waals surface area contributed by atoms with E-state index in [2.05, 4.69) is 22.5 Å². The number of unbranched alkanes of at least 4 members (excludes halogenated alkanes) is 3. The molecule has 0 aliphatic rings. The van der Waals surface area contributed by atoms with E-state index >= 15 is 0 Å². The van der Waals surface area contributed by atoms with Gasteiger partial charge in [0.25, 0.3) is 0 Å². The lowest BCUT2D eigenvalue weighted by atomic mass is 10.2. The van der Waals surface area contributed by atoms with Gasteiger partial charge in [0.1, 0.15) is 11.5 Å². The van der Waals surface area contributed by atoms with E-state index in [4.69, 9.17) is 4.74 Å². The van der Waals surface area contributed by atoms with Crippen LogP contribution in [0.15, 0.2) is 23.2 Å². The maximum absolute atomic E-state index is 9.83. The van der Waals surface area contributed by atoms with Crippen LogP contribution in [0.25, 0.3) is 0 Å².